The zero-order valence-electron chi connectivity index (χ0n) is 15.4. The highest BCUT2D eigenvalue weighted by Gasteiger charge is 2.34. The predicted molar refractivity (Wildman–Crippen MR) is 110 cm³/mol. The van der Waals surface area contributed by atoms with Crippen molar-refractivity contribution in [2.75, 3.05) is 19.6 Å². The molecule has 0 atom stereocenters. The third kappa shape index (κ3) is 3.63. The van der Waals surface area contributed by atoms with E-state index in [0.29, 0.717) is 17.7 Å². The lowest BCUT2D eigenvalue weighted by Gasteiger charge is -2.13. The molecule has 4 rings (SSSR count). The molecule has 28 heavy (non-hydrogen) atoms. The fourth-order valence-corrected chi connectivity index (χ4v) is 4.42. The molecular formula is C21H21N3O3S. The number of amides is 2. The molecule has 0 fully saturated rings. The molecule has 1 aliphatic rings. The van der Waals surface area contributed by atoms with E-state index >= 15 is 0 Å². The summed E-state index contributed by atoms with van der Waals surface area (Å²) in [5.74, 6) is -0.376. The number of fused-ring (bicyclic) bond motifs is 2. The van der Waals surface area contributed by atoms with Crippen LogP contribution in [0.1, 0.15) is 39.1 Å². The molecule has 2 N–H and O–H groups in total. The molecule has 2 amide bonds. The Bertz CT molecular complexity index is 1050. The van der Waals surface area contributed by atoms with Crippen LogP contribution in [0, 0.1) is 0 Å². The van der Waals surface area contributed by atoms with Crippen molar-refractivity contribution in [2.24, 2.45) is 0 Å². The molecule has 1 aromatic heterocycles. The number of benzene rings is 2. The van der Waals surface area contributed by atoms with Crippen LogP contribution in [0.3, 0.4) is 0 Å². The number of thiazole rings is 1. The molecule has 0 saturated carbocycles. The number of aromatic nitrogens is 1. The number of aromatic amines is 1. The van der Waals surface area contributed by atoms with Crippen molar-refractivity contribution in [3.63, 3.8) is 0 Å². The average Bonchev–Trinajstić information content (AvgIpc) is 3.20. The molecule has 2 aromatic carbocycles. The number of carbonyl (C=O) groups excluding carboxylic acids is 2. The summed E-state index contributed by atoms with van der Waals surface area (Å²) < 4.78 is 1.03. The molecule has 7 heteroatoms. The highest BCUT2D eigenvalue weighted by molar-refractivity contribution is 7.16. The van der Waals surface area contributed by atoms with E-state index in [1.54, 1.807) is 24.3 Å². The molecule has 3 aromatic rings. The van der Waals surface area contributed by atoms with E-state index < -0.39 is 0 Å². The number of carbonyl (C=O) groups is 2. The maximum Gasteiger partial charge on any atom is 0.305 e. The maximum absolute atomic E-state index is 12.3. The SMILES string of the molecule is O=C1c2ccccc2C(=O)N1CCCCNCCc1cccc2[nH]c(=O)sc12. The van der Waals surface area contributed by atoms with Crippen LogP contribution in [0.5, 0.6) is 0 Å². The number of hydrogen-bond acceptors (Lipinski definition) is 5. The lowest BCUT2D eigenvalue weighted by Crippen LogP contribution is -2.31. The van der Waals surface area contributed by atoms with Gasteiger partial charge < -0.3 is 10.3 Å². The van der Waals surface area contributed by atoms with Gasteiger partial charge in [0, 0.05) is 6.54 Å². The van der Waals surface area contributed by atoms with Crippen LogP contribution in [-0.4, -0.2) is 41.3 Å². The molecule has 2 heterocycles. The standard InChI is InChI=1S/C21H21N3O3S/c25-19-15-7-1-2-8-16(15)20(26)24(19)13-4-3-11-22-12-10-14-6-5-9-17-18(14)28-21(27)23-17/h1-2,5-9,22H,3-4,10-13H2,(H,23,27). The zero-order chi connectivity index (χ0) is 19.5. The van der Waals surface area contributed by atoms with Crippen molar-refractivity contribution in [1.29, 1.82) is 0 Å². The van der Waals surface area contributed by atoms with Crippen molar-refractivity contribution < 1.29 is 9.59 Å². The summed E-state index contributed by atoms with van der Waals surface area (Å²) in [5.41, 5.74) is 3.08. The number of unbranched alkanes of at least 4 members (excludes halogenated alkanes) is 1. The van der Waals surface area contributed by atoms with E-state index in [0.717, 1.165) is 42.6 Å². The molecule has 0 spiro atoms. The lowest BCUT2D eigenvalue weighted by atomic mass is 10.1. The summed E-state index contributed by atoms with van der Waals surface area (Å²) >= 11 is 1.25. The second-order valence-corrected chi connectivity index (χ2v) is 7.81. The number of nitrogens with zero attached hydrogens (tertiary/aromatic N) is 1. The molecule has 0 aliphatic carbocycles. The van der Waals surface area contributed by atoms with Gasteiger partial charge in [-0.15, -0.1) is 0 Å². The first-order chi connectivity index (χ1) is 13.6. The highest BCUT2D eigenvalue weighted by atomic mass is 32.1. The van der Waals surface area contributed by atoms with Crippen molar-refractivity contribution in [3.8, 4) is 0 Å². The molecule has 0 radical (unpaired) electrons. The van der Waals surface area contributed by atoms with Crippen molar-refractivity contribution in [3.05, 3.63) is 68.8 Å². The summed E-state index contributed by atoms with van der Waals surface area (Å²) in [6.45, 7) is 2.09. The van der Waals surface area contributed by atoms with Gasteiger partial charge >= 0.3 is 4.87 Å². The maximum atomic E-state index is 12.3. The number of hydrogen-bond donors (Lipinski definition) is 2. The Morgan fingerprint density at radius 3 is 2.39 bits per heavy atom. The Balaban J connectivity index is 1.19. The molecule has 144 valence electrons. The summed E-state index contributed by atoms with van der Waals surface area (Å²) in [6.07, 6.45) is 2.51. The number of H-pyrrole nitrogens is 1. The minimum absolute atomic E-state index is 0.0245. The Hall–Kier alpha value is -2.77. The monoisotopic (exact) mass is 395 g/mol. The van der Waals surface area contributed by atoms with E-state index in [1.165, 1.54) is 21.8 Å². The Labute approximate surface area is 166 Å². The van der Waals surface area contributed by atoms with Gasteiger partial charge in [-0.3, -0.25) is 19.3 Å². The van der Waals surface area contributed by atoms with Crippen molar-refractivity contribution in [2.45, 2.75) is 19.3 Å². The Morgan fingerprint density at radius 2 is 1.64 bits per heavy atom. The highest BCUT2D eigenvalue weighted by Crippen LogP contribution is 2.22. The van der Waals surface area contributed by atoms with Crippen LogP contribution in [0.4, 0.5) is 0 Å². The van der Waals surface area contributed by atoms with Crippen molar-refractivity contribution >= 4 is 33.4 Å². The van der Waals surface area contributed by atoms with Crippen LogP contribution in [-0.2, 0) is 6.42 Å². The number of nitrogens with one attached hydrogen (secondary N) is 2. The van der Waals surface area contributed by atoms with Gasteiger partial charge in [-0.05, 0) is 56.1 Å². The summed E-state index contributed by atoms with van der Waals surface area (Å²) in [6, 6.07) is 12.9. The first-order valence-electron chi connectivity index (χ1n) is 9.42. The average molecular weight is 395 g/mol. The molecule has 1 aliphatic heterocycles. The molecular weight excluding hydrogens is 374 g/mol. The third-order valence-corrected chi connectivity index (χ3v) is 5.94. The number of rotatable bonds is 8. The van der Waals surface area contributed by atoms with Crippen LogP contribution in [0.2, 0.25) is 0 Å². The molecule has 6 nitrogen and oxygen atoms in total. The van der Waals surface area contributed by atoms with Crippen LogP contribution >= 0.6 is 11.3 Å². The van der Waals surface area contributed by atoms with Crippen LogP contribution < -0.4 is 10.2 Å². The Kier molecular flexibility index (Phi) is 5.36. The number of imide groups is 1. The quantitative estimate of drug-likeness (QED) is 0.454. The van der Waals surface area contributed by atoms with Gasteiger partial charge in [0.05, 0.1) is 21.3 Å². The van der Waals surface area contributed by atoms with E-state index in [1.807, 2.05) is 12.1 Å². The van der Waals surface area contributed by atoms with Crippen LogP contribution in [0.15, 0.2) is 47.3 Å². The fraction of sp³-hybridized carbons (Fsp3) is 0.286. The van der Waals surface area contributed by atoms with Gasteiger partial charge in [-0.1, -0.05) is 35.6 Å². The van der Waals surface area contributed by atoms with E-state index in [2.05, 4.69) is 16.4 Å². The van der Waals surface area contributed by atoms with Gasteiger partial charge in [0.15, 0.2) is 0 Å². The summed E-state index contributed by atoms with van der Waals surface area (Å²) in [5, 5.41) is 3.40. The van der Waals surface area contributed by atoms with Gasteiger partial charge in [-0.2, -0.15) is 0 Å². The van der Waals surface area contributed by atoms with Gasteiger partial charge in [0.1, 0.15) is 0 Å². The predicted octanol–water partition coefficient (Wildman–Crippen LogP) is 2.80. The molecule has 0 saturated heterocycles. The lowest BCUT2D eigenvalue weighted by molar-refractivity contribution is 0.0651. The molecule has 0 unspecified atom stereocenters. The second-order valence-electron chi connectivity index (χ2n) is 6.82. The van der Waals surface area contributed by atoms with E-state index in [-0.39, 0.29) is 16.7 Å². The molecule has 0 bridgehead atoms. The summed E-state index contributed by atoms with van der Waals surface area (Å²) in [4.78, 5) is 40.3. The third-order valence-electron chi connectivity index (χ3n) is 4.96. The van der Waals surface area contributed by atoms with Gasteiger partial charge in [-0.25, -0.2) is 0 Å². The summed E-state index contributed by atoms with van der Waals surface area (Å²) in [7, 11) is 0. The van der Waals surface area contributed by atoms with E-state index in [4.69, 9.17) is 0 Å². The Morgan fingerprint density at radius 1 is 0.893 bits per heavy atom. The zero-order valence-corrected chi connectivity index (χ0v) is 16.2. The largest absolute Gasteiger partial charge is 0.316 e. The van der Waals surface area contributed by atoms with Gasteiger partial charge in [0.2, 0.25) is 0 Å². The van der Waals surface area contributed by atoms with Gasteiger partial charge in [0.25, 0.3) is 11.8 Å². The minimum Gasteiger partial charge on any atom is -0.316 e. The first-order valence-corrected chi connectivity index (χ1v) is 10.2. The second kappa shape index (κ2) is 8.08. The normalized spacial score (nSPS) is 13.5. The first kappa shape index (κ1) is 18.6. The van der Waals surface area contributed by atoms with Crippen LogP contribution in [0.25, 0.3) is 10.2 Å². The van der Waals surface area contributed by atoms with Crippen molar-refractivity contribution in [1.82, 2.24) is 15.2 Å². The fourth-order valence-electron chi connectivity index (χ4n) is 3.54. The smallest absolute Gasteiger partial charge is 0.305 e. The minimum atomic E-state index is -0.188. The topological polar surface area (TPSA) is 82.3 Å². The van der Waals surface area contributed by atoms with E-state index in [9.17, 15) is 14.4 Å².